The maximum atomic E-state index is 12.0. The summed E-state index contributed by atoms with van der Waals surface area (Å²) in [7, 11) is 3.34. The van der Waals surface area contributed by atoms with Crippen LogP contribution in [0.5, 0.6) is 0 Å². The lowest BCUT2D eigenvalue weighted by atomic mass is 10.1. The standard InChI is InChI=1S/C15H19N3O6/c1-16(2)12-4-3-11(9-13(12)18(21)22)15(20)24-10-14(19)17-5-7-23-8-6-17/h3-4,9H,5-8,10H2,1-2H3. The highest BCUT2D eigenvalue weighted by Gasteiger charge is 2.22. The minimum absolute atomic E-state index is 0.0297. The molecule has 0 spiro atoms. The molecule has 2 rings (SSSR count). The zero-order valence-electron chi connectivity index (χ0n) is 13.6. The van der Waals surface area contributed by atoms with Gasteiger partial charge in [0.05, 0.1) is 23.7 Å². The summed E-state index contributed by atoms with van der Waals surface area (Å²) in [6.07, 6.45) is 0. The van der Waals surface area contributed by atoms with Crippen molar-refractivity contribution in [3.8, 4) is 0 Å². The molecule has 0 atom stereocenters. The van der Waals surface area contributed by atoms with Crippen LogP contribution in [-0.4, -0.2) is 68.7 Å². The van der Waals surface area contributed by atoms with Crippen molar-refractivity contribution in [2.75, 3.05) is 51.9 Å². The molecule has 9 nitrogen and oxygen atoms in total. The van der Waals surface area contributed by atoms with Crippen LogP contribution in [0.4, 0.5) is 11.4 Å². The Kier molecular flexibility index (Phi) is 5.69. The van der Waals surface area contributed by atoms with Gasteiger partial charge in [-0.2, -0.15) is 0 Å². The molecule has 0 aromatic heterocycles. The zero-order valence-corrected chi connectivity index (χ0v) is 13.6. The van der Waals surface area contributed by atoms with Crippen molar-refractivity contribution in [2.24, 2.45) is 0 Å². The van der Waals surface area contributed by atoms with Crippen molar-refractivity contribution in [1.29, 1.82) is 0 Å². The lowest BCUT2D eigenvalue weighted by Gasteiger charge is -2.26. The highest BCUT2D eigenvalue weighted by atomic mass is 16.6. The third kappa shape index (κ3) is 4.19. The van der Waals surface area contributed by atoms with Gasteiger partial charge < -0.3 is 19.3 Å². The minimum Gasteiger partial charge on any atom is -0.452 e. The quantitative estimate of drug-likeness (QED) is 0.442. The second-order valence-electron chi connectivity index (χ2n) is 5.42. The molecule has 1 saturated heterocycles. The van der Waals surface area contributed by atoms with E-state index in [-0.39, 0.29) is 17.2 Å². The third-order valence-corrected chi connectivity index (χ3v) is 3.58. The van der Waals surface area contributed by atoms with Gasteiger partial charge in [0.2, 0.25) is 0 Å². The molecule has 1 aromatic rings. The smallest absolute Gasteiger partial charge is 0.338 e. The van der Waals surface area contributed by atoms with E-state index in [4.69, 9.17) is 9.47 Å². The number of nitro benzene ring substituents is 1. The number of esters is 1. The molecule has 9 heteroatoms. The van der Waals surface area contributed by atoms with Crippen LogP contribution in [0.15, 0.2) is 18.2 Å². The number of benzene rings is 1. The van der Waals surface area contributed by atoms with Crippen molar-refractivity contribution >= 4 is 23.3 Å². The summed E-state index contributed by atoms with van der Waals surface area (Å²) in [6, 6.07) is 4.05. The number of carbonyl (C=O) groups is 2. The summed E-state index contributed by atoms with van der Waals surface area (Å²) in [6.45, 7) is 1.43. The molecule has 24 heavy (non-hydrogen) atoms. The first-order chi connectivity index (χ1) is 11.4. The number of morpholine rings is 1. The van der Waals surface area contributed by atoms with Gasteiger partial charge in [-0.25, -0.2) is 4.79 Å². The van der Waals surface area contributed by atoms with Gasteiger partial charge in [0.15, 0.2) is 6.61 Å². The summed E-state index contributed by atoms with van der Waals surface area (Å²) in [5, 5.41) is 11.1. The van der Waals surface area contributed by atoms with E-state index in [0.29, 0.717) is 32.0 Å². The number of amides is 1. The fraction of sp³-hybridized carbons (Fsp3) is 0.467. The first-order valence-corrected chi connectivity index (χ1v) is 7.38. The van der Waals surface area contributed by atoms with Crippen molar-refractivity contribution in [1.82, 2.24) is 4.90 Å². The number of ether oxygens (including phenoxy) is 2. The Morgan fingerprint density at radius 3 is 2.58 bits per heavy atom. The Morgan fingerprint density at radius 2 is 2.00 bits per heavy atom. The Morgan fingerprint density at radius 1 is 1.33 bits per heavy atom. The number of nitrogens with zero attached hydrogens (tertiary/aromatic N) is 3. The van der Waals surface area contributed by atoms with Crippen LogP contribution < -0.4 is 4.90 Å². The van der Waals surface area contributed by atoms with Gasteiger partial charge in [-0.15, -0.1) is 0 Å². The number of rotatable bonds is 5. The molecule has 1 amide bonds. The van der Waals surface area contributed by atoms with Crippen molar-refractivity contribution in [3.05, 3.63) is 33.9 Å². The molecule has 0 saturated carbocycles. The van der Waals surface area contributed by atoms with Crippen LogP contribution in [0.3, 0.4) is 0 Å². The van der Waals surface area contributed by atoms with Crippen LogP contribution in [0.1, 0.15) is 10.4 Å². The Hall–Kier alpha value is -2.68. The topological polar surface area (TPSA) is 102 Å². The summed E-state index contributed by atoms with van der Waals surface area (Å²) < 4.78 is 10.1. The van der Waals surface area contributed by atoms with Gasteiger partial charge in [-0.05, 0) is 12.1 Å². The number of carbonyl (C=O) groups excluding carboxylic acids is 2. The van der Waals surface area contributed by atoms with Crippen LogP contribution >= 0.6 is 0 Å². The monoisotopic (exact) mass is 337 g/mol. The molecule has 1 aromatic carbocycles. The molecule has 1 aliphatic rings. The van der Waals surface area contributed by atoms with Gasteiger partial charge in [0.25, 0.3) is 11.6 Å². The molecule has 0 N–H and O–H groups in total. The number of anilines is 1. The minimum atomic E-state index is -0.773. The van der Waals surface area contributed by atoms with Crippen molar-refractivity contribution < 1.29 is 24.0 Å². The summed E-state index contributed by atoms with van der Waals surface area (Å²) >= 11 is 0. The molecule has 0 aliphatic carbocycles. The predicted molar refractivity (Wildman–Crippen MR) is 85.1 cm³/mol. The van der Waals surface area contributed by atoms with Crippen molar-refractivity contribution in [3.63, 3.8) is 0 Å². The first-order valence-electron chi connectivity index (χ1n) is 7.38. The van der Waals surface area contributed by atoms with Gasteiger partial charge >= 0.3 is 5.97 Å². The number of hydrogen-bond donors (Lipinski definition) is 0. The first kappa shape index (κ1) is 17.7. The molecule has 1 heterocycles. The molecular formula is C15H19N3O6. The van der Waals surface area contributed by atoms with Crippen LogP contribution in [0.25, 0.3) is 0 Å². The van der Waals surface area contributed by atoms with Crippen molar-refractivity contribution in [2.45, 2.75) is 0 Å². The lowest BCUT2D eigenvalue weighted by molar-refractivity contribution is -0.384. The van der Waals surface area contributed by atoms with E-state index in [1.807, 2.05) is 0 Å². The van der Waals surface area contributed by atoms with Crippen LogP contribution in [0.2, 0.25) is 0 Å². The third-order valence-electron chi connectivity index (χ3n) is 3.58. The molecule has 130 valence electrons. The average Bonchev–Trinajstić information content (AvgIpc) is 2.59. The second kappa shape index (κ2) is 7.73. The van der Waals surface area contributed by atoms with Gasteiger partial charge in [0.1, 0.15) is 5.69 Å². The van der Waals surface area contributed by atoms with Gasteiger partial charge in [-0.3, -0.25) is 14.9 Å². The van der Waals surface area contributed by atoms with E-state index in [1.165, 1.54) is 12.1 Å². The Labute approximate surface area is 138 Å². The Balaban J connectivity index is 2.02. The largest absolute Gasteiger partial charge is 0.452 e. The zero-order chi connectivity index (χ0) is 17.7. The van der Waals surface area contributed by atoms with E-state index in [1.54, 1.807) is 23.9 Å². The maximum Gasteiger partial charge on any atom is 0.338 e. The van der Waals surface area contributed by atoms with E-state index >= 15 is 0 Å². The fourth-order valence-corrected chi connectivity index (χ4v) is 2.29. The molecule has 0 radical (unpaired) electrons. The Bertz CT molecular complexity index is 640. The number of nitro groups is 1. The van der Waals surface area contributed by atoms with Gasteiger partial charge in [0, 0.05) is 33.3 Å². The molecule has 1 fully saturated rings. The summed E-state index contributed by atoms with van der Waals surface area (Å²) in [4.78, 5) is 37.7. The molecule has 0 bridgehead atoms. The lowest BCUT2D eigenvalue weighted by Crippen LogP contribution is -2.42. The van der Waals surface area contributed by atoms with Crippen LogP contribution in [-0.2, 0) is 14.3 Å². The van der Waals surface area contributed by atoms with E-state index in [2.05, 4.69) is 0 Å². The summed E-state index contributed by atoms with van der Waals surface area (Å²) in [5.41, 5.74) is 0.206. The van der Waals surface area contributed by atoms with Crippen LogP contribution in [0, 0.1) is 10.1 Å². The predicted octanol–water partition coefficient (Wildman–Crippen LogP) is 0.676. The van der Waals surface area contributed by atoms with E-state index < -0.39 is 17.5 Å². The summed E-state index contributed by atoms with van der Waals surface area (Å²) in [5.74, 6) is -1.09. The van der Waals surface area contributed by atoms with Gasteiger partial charge in [-0.1, -0.05) is 0 Å². The molecule has 1 aliphatic heterocycles. The molecule has 0 unspecified atom stereocenters. The molecular weight excluding hydrogens is 318 g/mol. The SMILES string of the molecule is CN(C)c1ccc(C(=O)OCC(=O)N2CCOCC2)cc1[N+](=O)[O-]. The maximum absolute atomic E-state index is 12.0. The van der Waals surface area contributed by atoms with E-state index in [9.17, 15) is 19.7 Å². The normalized spacial score (nSPS) is 14.2. The highest BCUT2D eigenvalue weighted by molar-refractivity contribution is 5.93. The van der Waals surface area contributed by atoms with E-state index in [0.717, 1.165) is 6.07 Å². The fourth-order valence-electron chi connectivity index (χ4n) is 2.29. The highest BCUT2D eigenvalue weighted by Crippen LogP contribution is 2.27. The number of hydrogen-bond acceptors (Lipinski definition) is 7. The second-order valence-corrected chi connectivity index (χ2v) is 5.42. The average molecular weight is 337 g/mol.